The number of likely N-dealkylation sites (tertiary alicyclic amines) is 1. The van der Waals surface area contributed by atoms with Crippen molar-refractivity contribution in [2.24, 2.45) is 5.73 Å². The molecule has 1 fully saturated rings. The Morgan fingerprint density at radius 3 is 2.83 bits per heavy atom. The van der Waals surface area contributed by atoms with Gasteiger partial charge in [0.25, 0.3) is 5.91 Å². The van der Waals surface area contributed by atoms with Gasteiger partial charge in [-0.1, -0.05) is 11.3 Å². The normalized spacial score (nSPS) is 23.8. The maximum Gasteiger partial charge on any atom is 0.253 e. The Bertz CT molecular complexity index is 729. The molecule has 24 heavy (non-hydrogen) atoms. The predicted octanol–water partition coefficient (Wildman–Crippen LogP) is -0.00930. The summed E-state index contributed by atoms with van der Waals surface area (Å²) >= 11 is 0. The van der Waals surface area contributed by atoms with Crippen LogP contribution in [0, 0.1) is 0 Å². The number of nitrogens with two attached hydrogens (primary N) is 1. The summed E-state index contributed by atoms with van der Waals surface area (Å²) in [5.74, 6) is 0.0491. The van der Waals surface area contributed by atoms with Crippen LogP contribution in [0.3, 0.4) is 0 Å². The third kappa shape index (κ3) is 2.81. The van der Waals surface area contributed by atoms with Crippen molar-refractivity contribution in [2.45, 2.75) is 24.9 Å². The van der Waals surface area contributed by atoms with Crippen LogP contribution in [0.5, 0.6) is 0 Å². The van der Waals surface area contributed by atoms with E-state index >= 15 is 0 Å². The van der Waals surface area contributed by atoms with Gasteiger partial charge in [-0.15, -0.1) is 5.10 Å². The number of fused-ring (bicyclic) bond motifs is 1. The van der Waals surface area contributed by atoms with Gasteiger partial charge in [0.2, 0.25) is 0 Å². The van der Waals surface area contributed by atoms with Gasteiger partial charge in [-0.05, 0) is 49.2 Å². The van der Waals surface area contributed by atoms with E-state index in [1.807, 2.05) is 11.0 Å². The molecule has 2 atom stereocenters. The molecule has 1 aromatic carbocycles. The minimum Gasteiger partial charge on any atom is -0.335 e. The summed E-state index contributed by atoms with van der Waals surface area (Å²) < 4.78 is 1.75. The highest BCUT2D eigenvalue weighted by atomic mass is 16.2. The lowest BCUT2D eigenvalue weighted by atomic mass is 9.99. The van der Waals surface area contributed by atoms with Gasteiger partial charge in [0, 0.05) is 30.9 Å². The fourth-order valence-corrected chi connectivity index (χ4v) is 3.64. The minimum atomic E-state index is -0.124. The van der Waals surface area contributed by atoms with Crippen LogP contribution in [0.25, 0.3) is 0 Å². The second-order valence-corrected chi connectivity index (χ2v) is 6.56. The van der Waals surface area contributed by atoms with Crippen molar-refractivity contribution in [3.05, 3.63) is 47.3 Å². The van der Waals surface area contributed by atoms with Crippen LogP contribution in [0.2, 0.25) is 0 Å². The Hall–Kier alpha value is -2.25. The first-order chi connectivity index (χ1) is 11.7. The van der Waals surface area contributed by atoms with Crippen molar-refractivity contribution in [3.63, 3.8) is 0 Å². The molecule has 7 nitrogen and oxygen atoms in total. The molecule has 1 aromatic heterocycles. The molecule has 4 rings (SSSR count). The molecule has 2 aliphatic heterocycles. The van der Waals surface area contributed by atoms with Crippen LogP contribution in [0.15, 0.2) is 30.6 Å². The molecule has 2 aromatic rings. The van der Waals surface area contributed by atoms with E-state index < -0.39 is 0 Å². The second kappa shape index (κ2) is 6.33. The summed E-state index contributed by atoms with van der Waals surface area (Å²) in [5, 5.41) is 11.3. The summed E-state index contributed by atoms with van der Waals surface area (Å²) in [6, 6.07) is 5.96. The van der Waals surface area contributed by atoms with Crippen molar-refractivity contribution in [1.29, 1.82) is 0 Å². The predicted molar refractivity (Wildman–Crippen MR) is 89.7 cm³/mol. The second-order valence-electron chi connectivity index (χ2n) is 6.56. The standard InChI is InChI=1S/C17H22N6O/c18-15-10-22(11-16(15)23-8-7-20-21-23)17(24)14-2-1-12-3-5-19-6-4-13(12)9-14/h1-2,7-9,15-16,19H,3-6,10-11,18H2/t15-,16+/m1/s1. The van der Waals surface area contributed by atoms with E-state index in [1.54, 1.807) is 17.1 Å². The van der Waals surface area contributed by atoms with Crippen LogP contribution in [0.1, 0.15) is 27.5 Å². The quantitative estimate of drug-likeness (QED) is 0.810. The molecule has 0 aliphatic carbocycles. The molecule has 3 N–H and O–H groups in total. The first-order valence-electron chi connectivity index (χ1n) is 8.45. The van der Waals surface area contributed by atoms with Gasteiger partial charge in [0.05, 0.1) is 12.2 Å². The lowest BCUT2D eigenvalue weighted by molar-refractivity contribution is 0.0785. The third-order valence-electron chi connectivity index (χ3n) is 5.00. The van der Waals surface area contributed by atoms with E-state index in [-0.39, 0.29) is 18.0 Å². The highest BCUT2D eigenvalue weighted by Crippen LogP contribution is 2.23. The molecule has 1 amide bonds. The number of hydrogen-bond acceptors (Lipinski definition) is 5. The number of amides is 1. The summed E-state index contributed by atoms with van der Waals surface area (Å²) in [6.45, 7) is 3.08. The van der Waals surface area contributed by atoms with E-state index in [9.17, 15) is 4.79 Å². The van der Waals surface area contributed by atoms with Crippen LogP contribution in [-0.2, 0) is 12.8 Å². The summed E-state index contributed by atoms with van der Waals surface area (Å²) in [7, 11) is 0. The number of carbonyl (C=O) groups excluding carboxylic acids is 1. The molecule has 1 saturated heterocycles. The van der Waals surface area contributed by atoms with Crippen molar-refractivity contribution in [1.82, 2.24) is 25.2 Å². The smallest absolute Gasteiger partial charge is 0.253 e. The molecule has 2 aliphatic rings. The first kappa shape index (κ1) is 15.3. The lowest BCUT2D eigenvalue weighted by Gasteiger charge is -2.17. The zero-order valence-corrected chi connectivity index (χ0v) is 13.6. The number of hydrogen-bond donors (Lipinski definition) is 2. The highest BCUT2D eigenvalue weighted by molar-refractivity contribution is 5.94. The fourth-order valence-electron chi connectivity index (χ4n) is 3.64. The van der Waals surface area contributed by atoms with Gasteiger partial charge >= 0.3 is 0 Å². The van der Waals surface area contributed by atoms with Gasteiger partial charge < -0.3 is 16.0 Å². The van der Waals surface area contributed by atoms with E-state index in [1.165, 1.54) is 11.1 Å². The third-order valence-corrected chi connectivity index (χ3v) is 5.00. The number of benzene rings is 1. The van der Waals surface area contributed by atoms with E-state index in [4.69, 9.17) is 5.73 Å². The molecule has 126 valence electrons. The number of nitrogens with one attached hydrogen (secondary N) is 1. The van der Waals surface area contributed by atoms with Crippen LogP contribution in [0.4, 0.5) is 0 Å². The Labute approximate surface area is 140 Å². The van der Waals surface area contributed by atoms with Gasteiger partial charge in [0.15, 0.2) is 0 Å². The van der Waals surface area contributed by atoms with E-state index in [0.29, 0.717) is 13.1 Å². The maximum atomic E-state index is 12.9. The minimum absolute atomic E-state index is 0.0125. The molecular weight excluding hydrogens is 304 g/mol. The maximum absolute atomic E-state index is 12.9. The molecule has 0 saturated carbocycles. The van der Waals surface area contributed by atoms with Crippen molar-refractivity contribution in [2.75, 3.05) is 26.2 Å². The van der Waals surface area contributed by atoms with Crippen LogP contribution in [-0.4, -0.2) is 58.0 Å². The van der Waals surface area contributed by atoms with E-state index in [0.717, 1.165) is 31.5 Å². The molecule has 0 bridgehead atoms. The van der Waals surface area contributed by atoms with Crippen molar-refractivity contribution < 1.29 is 4.79 Å². The van der Waals surface area contributed by atoms with Crippen molar-refractivity contribution in [3.8, 4) is 0 Å². The Morgan fingerprint density at radius 2 is 2.04 bits per heavy atom. The number of carbonyl (C=O) groups is 1. The zero-order chi connectivity index (χ0) is 16.5. The molecular formula is C17H22N6O. The molecule has 0 radical (unpaired) electrons. The molecule has 7 heteroatoms. The van der Waals surface area contributed by atoms with Gasteiger partial charge in [-0.25, -0.2) is 4.68 Å². The van der Waals surface area contributed by atoms with Gasteiger partial charge in [-0.2, -0.15) is 0 Å². The average molecular weight is 326 g/mol. The SMILES string of the molecule is N[C@@H]1CN(C(=O)c2ccc3c(c2)CCNCC3)C[C@@H]1n1ccnn1. The topological polar surface area (TPSA) is 89.1 Å². The zero-order valence-electron chi connectivity index (χ0n) is 13.6. The monoisotopic (exact) mass is 326 g/mol. The number of nitrogens with zero attached hydrogens (tertiary/aromatic N) is 4. The number of rotatable bonds is 2. The summed E-state index contributed by atoms with van der Waals surface area (Å²) in [4.78, 5) is 14.7. The molecule has 0 unspecified atom stereocenters. The Morgan fingerprint density at radius 1 is 1.21 bits per heavy atom. The van der Waals surface area contributed by atoms with Gasteiger partial charge in [-0.3, -0.25) is 4.79 Å². The molecule has 0 spiro atoms. The number of aromatic nitrogens is 3. The van der Waals surface area contributed by atoms with E-state index in [2.05, 4.69) is 27.8 Å². The fraction of sp³-hybridized carbons (Fsp3) is 0.471. The highest BCUT2D eigenvalue weighted by Gasteiger charge is 2.35. The average Bonchev–Trinajstić information content (AvgIpc) is 3.18. The molecule has 3 heterocycles. The largest absolute Gasteiger partial charge is 0.335 e. The lowest BCUT2D eigenvalue weighted by Crippen LogP contribution is -2.33. The van der Waals surface area contributed by atoms with Crippen LogP contribution < -0.4 is 11.1 Å². The summed E-state index contributed by atoms with van der Waals surface area (Å²) in [5.41, 5.74) is 9.59. The van der Waals surface area contributed by atoms with Crippen LogP contribution >= 0.6 is 0 Å². The first-order valence-corrected chi connectivity index (χ1v) is 8.45. The Kier molecular flexibility index (Phi) is 4.03. The summed E-state index contributed by atoms with van der Waals surface area (Å²) in [6.07, 6.45) is 5.43. The van der Waals surface area contributed by atoms with Gasteiger partial charge in [0.1, 0.15) is 0 Å². The Balaban J connectivity index is 1.53. The van der Waals surface area contributed by atoms with Crippen molar-refractivity contribution >= 4 is 5.91 Å².